The maximum atomic E-state index is 12.1. The Hall–Kier alpha value is -1.58. The Labute approximate surface area is 114 Å². The molecule has 1 heterocycles. The maximum Gasteiger partial charge on any atom is 0.223 e. The Bertz CT molecular complexity index is 439. The van der Waals surface area contributed by atoms with Crippen molar-refractivity contribution < 1.29 is 9.59 Å². The van der Waals surface area contributed by atoms with Crippen LogP contribution in [0.4, 0.5) is 0 Å². The van der Waals surface area contributed by atoms with Crippen LogP contribution < -0.4 is 5.32 Å². The van der Waals surface area contributed by atoms with Crippen molar-refractivity contribution in [2.45, 2.75) is 44.9 Å². The van der Waals surface area contributed by atoms with E-state index in [1.165, 1.54) is 0 Å². The molecule has 1 aromatic rings. The molecular weight excluding hydrogens is 240 g/mol. The number of ketones is 1. The van der Waals surface area contributed by atoms with Crippen molar-refractivity contribution in [1.29, 1.82) is 0 Å². The van der Waals surface area contributed by atoms with Gasteiger partial charge in [0.05, 0.1) is 0 Å². The smallest absolute Gasteiger partial charge is 0.223 e. The van der Waals surface area contributed by atoms with E-state index in [-0.39, 0.29) is 23.0 Å². The third-order valence-corrected chi connectivity index (χ3v) is 3.95. The van der Waals surface area contributed by atoms with Gasteiger partial charge in [0.25, 0.3) is 0 Å². The molecule has 1 amide bonds. The molecular formula is C15H22N2O2. The molecule has 2 rings (SSSR count). The first-order valence-electron chi connectivity index (χ1n) is 6.92. The van der Waals surface area contributed by atoms with Gasteiger partial charge in [-0.1, -0.05) is 13.8 Å². The highest BCUT2D eigenvalue weighted by atomic mass is 16.2. The van der Waals surface area contributed by atoms with Crippen LogP contribution in [-0.4, -0.2) is 23.2 Å². The van der Waals surface area contributed by atoms with Gasteiger partial charge >= 0.3 is 0 Å². The summed E-state index contributed by atoms with van der Waals surface area (Å²) in [6.45, 7) is 4.81. The summed E-state index contributed by atoms with van der Waals surface area (Å²) >= 11 is 0. The maximum absolute atomic E-state index is 12.1. The second kappa shape index (κ2) is 5.59. The van der Waals surface area contributed by atoms with Crippen molar-refractivity contribution in [2.75, 3.05) is 6.54 Å². The standard InChI is InChI=1S/C15H22N2O2/c1-15(2,13-4-3-9-16-13)10-17-14(19)11-5-7-12(18)8-6-11/h3-4,9,11,16H,5-8,10H2,1-2H3,(H,17,19). The van der Waals surface area contributed by atoms with E-state index in [2.05, 4.69) is 24.1 Å². The number of nitrogens with one attached hydrogen (secondary N) is 2. The number of carbonyl (C=O) groups excluding carboxylic acids is 2. The first-order chi connectivity index (χ1) is 8.99. The van der Waals surface area contributed by atoms with Crippen LogP contribution in [0.25, 0.3) is 0 Å². The molecule has 1 aliphatic carbocycles. The van der Waals surface area contributed by atoms with E-state index in [1.807, 2.05) is 18.3 Å². The highest BCUT2D eigenvalue weighted by Gasteiger charge is 2.27. The summed E-state index contributed by atoms with van der Waals surface area (Å²) < 4.78 is 0. The van der Waals surface area contributed by atoms with Crippen LogP contribution in [0.3, 0.4) is 0 Å². The number of rotatable bonds is 4. The molecule has 0 aromatic carbocycles. The number of carbonyl (C=O) groups is 2. The van der Waals surface area contributed by atoms with Crippen LogP contribution in [-0.2, 0) is 15.0 Å². The third kappa shape index (κ3) is 3.46. The molecule has 0 atom stereocenters. The van der Waals surface area contributed by atoms with E-state index in [4.69, 9.17) is 0 Å². The van der Waals surface area contributed by atoms with Crippen molar-refractivity contribution in [2.24, 2.45) is 5.92 Å². The quantitative estimate of drug-likeness (QED) is 0.873. The molecule has 19 heavy (non-hydrogen) atoms. The van der Waals surface area contributed by atoms with Gasteiger partial charge in [-0.15, -0.1) is 0 Å². The summed E-state index contributed by atoms with van der Waals surface area (Å²) in [6.07, 6.45) is 4.41. The SMILES string of the molecule is CC(C)(CNC(=O)C1CCC(=O)CC1)c1ccc[nH]1. The normalized spacial score (nSPS) is 17.5. The fourth-order valence-corrected chi connectivity index (χ4v) is 2.50. The van der Waals surface area contributed by atoms with Crippen molar-refractivity contribution in [1.82, 2.24) is 10.3 Å². The Morgan fingerprint density at radius 3 is 2.68 bits per heavy atom. The molecule has 1 fully saturated rings. The summed E-state index contributed by atoms with van der Waals surface area (Å²) in [4.78, 5) is 26.4. The zero-order valence-electron chi connectivity index (χ0n) is 11.7. The zero-order valence-corrected chi connectivity index (χ0v) is 11.7. The lowest BCUT2D eigenvalue weighted by Crippen LogP contribution is -2.40. The van der Waals surface area contributed by atoms with E-state index in [9.17, 15) is 9.59 Å². The fraction of sp³-hybridized carbons (Fsp3) is 0.600. The fourth-order valence-electron chi connectivity index (χ4n) is 2.50. The number of aromatic nitrogens is 1. The van der Waals surface area contributed by atoms with Crippen LogP contribution in [0.5, 0.6) is 0 Å². The average Bonchev–Trinajstić information content (AvgIpc) is 2.91. The second-order valence-corrected chi connectivity index (χ2v) is 6.00. The molecule has 0 spiro atoms. The van der Waals surface area contributed by atoms with Crippen molar-refractivity contribution >= 4 is 11.7 Å². The van der Waals surface area contributed by atoms with E-state index in [0.717, 1.165) is 5.69 Å². The van der Waals surface area contributed by atoms with E-state index in [0.29, 0.717) is 32.2 Å². The summed E-state index contributed by atoms with van der Waals surface area (Å²) in [5, 5.41) is 3.03. The van der Waals surface area contributed by atoms with Gasteiger partial charge in [-0.2, -0.15) is 0 Å². The number of hydrogen-bond acceptors (Lipinski definition) is 2. The van der Waals surface area contributed by atoms with E-state index >= 15 is 0 Å². The first-order valence-corrected chi connectivity index (χ1v) is 6.92. The minimum absolute atomic E-state index is 0.0112. The predicted octanol–water partition coefficient (Wildman–Crippen LogP) is 2.17. The zero-order chi connectivity index (χ0) is 13.9. The first kappa shape index (κ1) is 13.8. The van der Waals surface area contributed by atoms with Gasteiger partial charge < -0.3 is 10.3 Å². The Balaban J connectivity index is 1.85. The lowest BCUT2D eigenvalue weighted by atomic mass is 9.86. The van der Waals surface area contributed by atoms with Crippen LogP contribution in [0.15, 0.2) is 18.3 Å². The monoisotopic (exact) mass is 262 g/mol. The Morgan fingerprint density at radius 1 is 1.42 bits per heavy atom. The highest BCUT2D eigenvalue weighted by Crippen LogP contribution is 2.23. The molecule has 1 aromatic heterocycles. The topological polar surface area (TPSA) is 62.0 Å². The van der Waals surface area contributed by atoms with Crippen molar-refractivity contribution in [3.05, 3.63) is 24.0 Å². The molecule has 0 bridgehead atoms. The minimum atomic E-state index is -0.107. The van der Waals surface area contributed by atoms with Gasteiger partial charge in [0.1, 0.15) is 5.78 Å². The molecule has 0 unspecified atom stereocenters. The predicted molar refractivity (Wildman–Crippen MR) is 73.8 cm³/mol. The number of Topliss-reactive ketones (excluding diaryl/α,β-unsaturated/α-hetero) is 1. The highest BCUT2D eigenvalue weighted by molar-refractivity contribution is 5.84. The molecule has 0 saturated heterocycles. The second-order valence-electron chi connectivity index (χ2n) is 6.00. The Morgan fingerprint density at radius 2 is 2.11 bits per heavy atom. The molecule has 0 aliphatic heterocycles. The molecule has 2 N–H and O–H groups in total. The lowest BCUT2D eigenvalue weighted by molar-refractivity contribution is -0.128. The molecule has 104 valence electrons. The summed E-state index contributed by atoms with van der Waals surface area (Å²) in [5.41, 5.74) is 1.01. The Kier molecular flexibility index (Phi) is 4.08. The minimum Gasteiger partial charge on any atom is -0.364 e. The number of hydrogen-bond donors (Lipinski definition) is 2. The summed E-state index contributed by atoms with van der Waals surface area (Å²) in [6, 6.07) is 4.00. The van der Waals surface area contributed by atoms with Gasteiger partial charge in [0.15, 0.2) is 0 Å². The van der Waals surface area contributed by atoms with Gasteiger partial charge in [-0.05, 0) is 25.0 Å². The van der Waals surface area contributed by atoms with Gasteiger partial charge in [0, 0.05) is 42.6 Å². The van der Waals surface area contributed by atoms with Crippen LogP contribution >= 0.6 is 0 Å². The van der Waals surface area contributed by atoms with Gasteiger partial charge in [-0.3, -0.25) is 9.59 Å². The van der Waals surface area contributed by atoms with E-state index < -0.39 is 0 Å². The molecule has 1 aliphatic rings. The van der Waals surface area contributed by atoms with E-state index in [1.54, 1.807) is 0 Å². The molecule has 0 radical (unpaired) electrons. The summed E-state index contributed by atoms with van der Waals surface area (Å²) in [5.74, 6) is 0.389. The van der Waals surface area contributed by atoms with Crippen molar-refractivity contribution in [3.63, 3.8) is 0 Å². The van der Waals surface area contributed by atoms with Crippen LogP contribution in [0.1, 0.15) is 45.2 Å². The lowest BCUT2D eigenvalue weighted by Gasteiger charge is -2.26. The number of amides is 1. The average molecular weight is 262 g/mol. The van der Waals surface area contributed by atoms with Crippen LogP contribution in [0, 0.1) is 5.92 Å². The molecule has 4 nitrogen and oxygen atoms in total. The van der Waals surface area contributed by atoms with Gasteiger partial charge in [-0.25, -0.2) is 0 Å². The largest absolute Gasteiger partial charge is 0.364 e. The third-order valence-electron chi connectivity index (χ3n) is 3.95. The van der Waals surface area contributed by atoms with Crippen LogP contribution in [0.2, 0.25) is 0 Å². The molecule has 1 saturated carbocycles. The van der Waals surface area contributed by atoms with Crippen molar-refractivity contribution in [3.8, 4) is 0 Å². The molecule has 4 heteroatoms. The van der Waals surface area contributed by atoms with Gasteiger partial charge in [0.2, 0.25) is 5.91 Å². The number of aromatic amines is 1. The summed E-state index contributed by atoms with van der Waals surface area (Å²) in [7, 11) is 0. The number of H-pyrrole nitrogens is 1.